The zero-order chi connectivity index (χ0) is 22.1. The van der Waals surface area contributed by atoms with Crippen molar-refractivity contribution in [2.45, 2.75) is 20.8 Å². The molecule has 0 saturated carbocycles. The summed E-state index contributed by atoms with van der Waals surface area (Å²) in [5.74, 6) is 0.665. The minimum Gasteiger partial charge on any atom is -0.466 e. The first-order valence-electron chi connectivity index (χ1n) is 9.61. The Kier molecular flexibility index (Phi) is 5.12. The molecule has 0 aliphatic carbocycles. The van der Waals surface area contributed by atoms with Crippen LogP contribution < -0.4 is 16.4 Å². The van der Waals surface area contributed by atoms with Crippen molar-refractivity contribution in [3.05, 3.63) is 93.4 Å². The Bertz CT molecular complexity index is 1370. The molecule has 2 amide bonds. The first-order chi connectivity index (χ1) is 14.8. The number of furan rings is 1. The number of aryl methyl sites for hydroxylation is 3. The van der Waals surface area contributed by atoms with E-state index in [0.29, 0.717) is 45.1 Å². The monoisotopic (exact) mass is 416 g/mol. The van der Waals surface area contributed by atoms with E-state index in [1.807, 2.05) is 6.07 Å². The third-order valence-corrected chi connectivity index (χ3v) is 4.91. The van der Waals surface area contributed by atoms with Crippen LogP contribution in [0, 0.1) is 20.8 Å². The second kappa shape index (κ2) is 7.91. The normalized spacial score (nSPS) is 10.8. The molecule has 0 unspecified atom stereocenters. The van der Waals surface area contributed by atoms with Crippen LogP contribution in [0.15, 0.2) is 63.8 Å². The second-order valence-corrected chi connectivity index (χ2v) is 7.10. The van der Waals surface area contributed by atoms with Crippen molar-refractivity contribution in [2.24, 2.45) is 0 Å². The molecule has 8 nitrogen and oxygen atoms in total. The minimum absolute atomic E-state index is 0.182. The highest BCUT2D eigenvalue weighted by Crippen LogP contribution is 2.14. The molecule has 2 N–H and O–H groups in total. The second-order valence-electron chi connectivity index (χ2n) is 7.10. The molecule has 0 radical (unpaired) electrons. The number of hydrazine groups is 1. The van der Waals surface area contributed by atoms with E-state index in [9.17, 15) is 14.4 Å². The van der Waals surface area contributed by atoms with Crippen LogP contribution in [-0.4, -0.2) is 21.4 Å². The van der Waals surface area contributed by atoms with Gasteiger partial charge in [0.15, 0.2) is 0 Å². The topological polar surface area (TPSA) is 106 Å². The molecule has 8 heteroatoms. The van der Waals surface area contributed by atoms with Crippen molar-refractivity contribution in [1.29, 1.82) is 0 Å². The summed E-state index contributed by atoms with van der Waals surface area (Å²) in [5, 5.41) is 0.516. The molecule has 0 aliphatic rings. The van der Waals surface area contributed by atoms with Gasteiger partial charge in [-0.15, -0.1) is 0 Å². The Morgan fingerprint density at radius 1 is 0.935 bits per heavy atom. The summed E-state index contributed by atoms with van der Waals surface area (Å²) < 4.78 is 6.82. The summed E-state index contributed by atoms with van der Waals surface area (Å²) in [6.45, 7) is 5.17. The average molecular weight is 416 g/mol. The van der Waals surface area contributed by atoms with Gasteiger partial charge in [-0.25, -0.2) is 4.98 Å². The Labute approximate surface area is 177 Å². The van der Waals surface area contributed by atoms with Gasteiger partial charge < -0.3 is 4.42 Å². The van der Waals surface area contributed by atoms with Gasteiger partial charge in [-0.2, -0.15) is 0 Å². The maximum Gasteiger partial charge on any atom is 0.273 e. The number of para-hydroxylation sites is 1. The molecular weight excluding hydrogens is 396 g/mol. The fourth-order valence-electron chi connectivity index (χ4n) is 3.42. The number of fused-ring (bicyclic) bond motifs is 1. The number of carbonyl (C=O) groups excluding carboxylic acids is 2. The molecule has 0 atom stereocenters. The van der Waals surface area contributed by atoms with E-state index >= 15 is 0 Å². The lowest BCUT2D eigenvalue weighted by Crippen LogP contribution is -2.41. The first kappa shape index (κ1) is 20.1. The van der Waals surface area contributed by atoms with Crippen LogP contribution in [0.2, 0.25) is 0 Å². The van der Waals surface area contributed by atoms with Gasteiger partial charge in [-0.05, 0) is 63.2 Å². The average Bonchev–Trinajstić information content (AvgIpc) is 3.10. The van der Waals surface area contributed by atoms with Crippen LogP contribution in [0.5, 0.6) is 0 Å². The van der Waals surface area contributed by atoms with Crippen LogP contribution in [0.4, 0.5) is 0 Å². The molecule has 2 aromatic carbocycles. The molecule has 0 saturated heterocycles. The number of amides is 2. The van der Waals surface area contributed by atoms with E-state index in [1.165, 1.54) is 4.57 Å². The van der Waals surface area contributed by atoms with E-state index in [0.717, 1.165) is 0 Å². The van der Waals surface area contributed by atoms with Gasteiger partial charge in [0, 0.05) is 5.56 Å². The number of hydrogen-bond donors (Lipinski definition) is 2. The molecule has 0 spiro atoms. The predicted molar refractivity (Wildman–Crippen MR) is 115 cm³/mol. The van der Waals surface area contributed by atoms with Crippen molar-refractivity contribution < 1.29 is 14.0 Å². The van der Waals surface area contributed by atoms with E-state index in [2.05, 4.69) is 15.8 Å². The Balaban J connectivity index is 1.53. The van der Waals surface area contributed by atoms with Gasteiger partial charge in [0.05, 0.1) is 22.2 Å². The molecule has 4 rings (SSSR count). The van der Waals surface area contributed by atoms with E-state index in [-0.39, 0.29) is 5.56 Å². The lowest BCUT2D eigenvalue weighted by molar-refractivity contribution is 0.0845. The predicted octanol–water partition coefficient (Wildman–Crippen LogP) is 2.98. The number of rotatable bonds is 3. The Hall–Kier alpha value is -4.20. The summed E-state index contributed by atoms with van der Waals surface area (Å²) in [5.41, 5.74) is 6.47. The fourth-order valence-corrected chi connectivity index (χ4v) is 3.42. The fraction of sp³-hybridized carbons (Fsp3) is 0.130. The summed E-state index contributed by atoms with van der Waals surface area (Å²) in [7, 11) is 0. The number of hydrogen-bond acceptors (Lipinski definition) is 5. The number of nitrogens with one attached hydrogen (secondary N) is 2. The molecular formula is C23H20N4O4. The lowest BCUT2D eigenvalue weighted by atomic mass is 10.2. The third-order valence-electron chi connectivity index (χ3n) is 4.91. The Morgan fingerprint density at radius 2 is 1.61 bits per heavy atom. The molecule has 0 fully saturated rings. The Morgan fingerprint density at radius 3 is 2.29 bits per heavy atom. The van der Waals surface area contributed by atoms with Gasteiger partial charge in [0.2, 0.25) is 0 Å². The largest absolute Gasteiger partial charge is 0.466 e. The smallest absolute Gasteiger partial charge is 0.273 e. The number of aromatic nitrogens is 2. The molecule has 156 valence electrons. The van der Waals surface area contributed by atoms with Crippen molar-refractivity contribution in [3.8, 4) is 5.69 Å². The maximum absolute atomic E-state index is 12.9. The van der Waals surface area contributed by atoms with Crippen LogP contribution >= 0.6 is 0 Å². The number of nitrogens with zero attached hydrogens (tertiary/aromatic N) is 2. The van der Waals surface area contributed by atoms with Crippen LogP contribution in [0.1, 0.15) is 38.1 Å². The van der Waals surface area contributed by atoms with Gasteiger partial charge in [-0.1, -0.05) is 12.1 Å². The maximum atomic E-state index is 12.9. The molecule has 2 heterocycles. The summed E-state index contributed by atoms with van der Waals surface area (Å²) >= 11 is 0. The highest BCUT2D eigenvalue weighted by atomic mass is 16.3. The zero-order valence-corrected chi connectivity index (χ0v) is 17.2. The summed E-state index contributed by atoms with van der Waals surface area (Å²) in [6.07, 6.45) is 0. The highest BCUT2D eigenvalue weighted by molar-refractivity contribution is 5.99. The summed E-state index contributed by atoms with van der Waals surface area (Å²) in [6, 6.07) is 15.2. The van der Waals surface area contributed by atoms with Crippen LogP contribution in [0.3, 0.4) is 0 Å². The standard InChI is InChI=1S/C23H20N4O4/c1-13-12-19(14(2)31-13)22(29)26-25-21(28)16-8-10-17(11-9-16)27-15(3)24-20-7-5-4-6-18(20)23(27)30/h4-12H,1-3H3,(H,25,28)(H,26,29). The SMILES string of the molecule is Cc1cc(C(=O)NNC(=O)c2ccc(-n3c(C)nc4ccccc4c3=O)cc2)c(C)o1. The van der Waals surface area contributed by atoms with E-state index in [4.69, 9.17) is 4.42 Å². The van der Waals surface area contributed by atoms with Crippen molar-refractivity contribution >= 4 is 22.7 Å². The highest BCUT2D eigenvalue weighted by Gasteiger charge is 2.15. The van der Waals surface area contributed by atoms with Crippen molar-refractivity contribution in [3.63, 3.8) is 0 Å². The van der Waals surface area contributed by atoms with Gasteiger partial charge in [0.1, 0.15) is 17.3 Å². The van der Waals surface area contributed by atoms with Crippen molar-refractivity contribution in [1.82, 2.24) is 20.4 Å². The quantitative estimate of drug-likeness (QED) is 0.500. The molecule has 2 aromatic heterocycles. The van der Waals surface area contributed by atoms with Gasteiger partial charge in [0.25, 0.3) is 17.4 Å². The van der Waals surface area contributed by atoms with Crippen molar-refractivity contribution in [2.75, 3.05) is 0 Å². The van der Waals surface area contributed by atoms with E-state index in [1.54, 1.807) is 69.3 Å². The third kappa shape index (κ3) is 3.83. The van der Waals surface area contributed by atoms with Crippen LogP contribution in [-0.2, 0) is 0 Å². The zero-order valence-electron chi connectivity index (χ0n) is 17.2. The molecule has 4 aromatic rings. The first-order valence-corrected chi connectivity index (χ1v) is 9.61. The number of benzene rings is 2. The molecule has 0 bridgehead atoms. The number of carbonyl (C=O) groups is 2. The minimum atomic E-state index is -0.488. The van der Waals surface area contributed by atoms with Gasteiger partial charge in [-0.3, -0.25) is 29.8 Å². The van der Waals surface area contributed by atoms with E-state index < -0.39 is 11.8 Å². The van der Waals surface area contributed by atoms with Gasteiger partial charge >= 0.3 is 0 Å². The summed E-state index contributed by atoms with van der Waals surface area (Å²) in [4.78, 5) is 42.0. The molecule has 31 heavy (non-hydrogen) atoms. The lowest BCUT2D eigenvalue weighted by Gasteiger charge is -2.12. The molecule has 0 aliphatic heterocycles. The van der Waals surface area contributed by atoms with Crippen LogP contribution in [0.25, 0.3) is 16.6 Å².